The van der Waals surface area contributed by atoms with Crippen molar-refractivity contribution in [3.8, 4) is 0 Å². The number of sulfonamides is 1. The van der Waals surface area contributed by atoms with Gasteiger partial charge < -0.3 is 10.2 Å². The molecular weight excluding hydrogens is 488 g/mol. The van der Waals surface area contributed by atoms with E-state index in [9.17, 15) is 26.8 Å². The Morgan fingerprint density at radius 1 is 1.09 bits per heavy atom. The van der Waals surface area contributed by atoms with Crippen LogP contribution in [-0.4, -0.2) is 50.0 Å². The van der Waals surface area contributed by atoms with Gasteiger partial charge in [0.1, 0.15) is 12.6 Å². The molecule has 2 atom stereocenters. The van der Waals surface area contributed by atoms with Crippen molar-refractivity contribution >= 4 is 39.1 Å². The predicted molar refractivity (Wildman–Crippen MR) is 128 cm³/mol. The number of rotatable bonds is 10. The van der Waals surface area contributed by atoms with E-state index in [1.54, 1.807) is 24.3 Å². The molecule has 34 heavy (non-hydrogen) atoms. The Bertz CT molecular complexity index is 1150. The second-order valence-corrected chi connectivity index (χ2v) is 10.3. The minimum absolute atomic E-state index is 0.0665. The normalized spacial score (nSPS) is 13.1. The van der Waals surface area contributed by atoms with E-state index in [1.807, 2.05) is 13.8 Å². The van der Waals surface area contributed by atoms with E-state index in [4.69, 9.17) is 11.6 Å². The minimum atomic E-state index is -4.06. The standard InChI is InChI=1S/C23H28ClF2N3O4S/c1-5-15(2)27-23(31)16(3)28(13-17-8-6-7-9-19(17)24)22(30)14-29(34(4,32)33)18-10-11-20(25)21(26)12-18/h6-12,15-16H,5,13-14H2,1-4H3,(H,27,31)/t15-,16-/m0/s1. The molecular formula is C23H28ClF2N3O4S. The van der Waals surface area contributed by atoms with Crippen LogP contribution in [0.5, 0.6) is 0 Å². The maximum Gasteiger partial charge on any atom is 0.244 e. The average Bonchev–Trinajstić information content (AvgIpc) is 2.77. The fourth-order valence-electron chi connectivity index (χ4n) is 3.11. The van der Waals surface area contributed by atoms with Crippen LogP contribution < -0.4 is 9.62 Å². The number of nitrogens with one attached hydrogen (secondary N) is 1. The zero-order valence-electron chi connectivity index (χ0n) is 19.4. The van der Waals surface area contributed by atoms with Crippen molar-refractivity contribution in [2.75, 3.05) is 17.1 Å². The third-order valence-electron chi connectivity index (χ3n) is 5.34. The molecule has 2 aromatic carbocycles. The van der Waals surface area contributed by atoms with E-state index in [0.29, 0.717) is 27.4 Å². The second-order valence-electron chi connectivity index (χ2n) is 7.97. The van der Waals surface area contributed by atoms with Gasteiger partial charge in [0, 0.05) is 23.7 Å². The molecule has 7 nitrogen and oxygen atoms in total. The molecule has 0 saturated heterocycles. The van der Waals surface area contributed by atoms with E-state index >= 15 is 0 Å². The SMILES string of the molecule is CC[C@H](C)NC(=O)[C@H](C)N(Cc1ccccc1Cl)C(=O)CN(c1ccc(F)c(F)c1)S(C)(=O)=O. The van der Waals surface area contributed by atoms with E-state index in [0.717, 1.165) is 18.4 Å². The summed E-state index contributed by atoms with van der Waals surface area (Å²) in [6, 6.07) is 8.18. The molecule has 0 aliphatic rings. The number of carbonyl (C=O) groups is 2. The maximum atomic E-state index is 13.8. The first-order valence-corrected chi connectivity index (χ1v) is 12.8. The van der Waals surface area contributed by atoms with Gasteiger partial charge in [-0.1, -0.05) is 36.7 Å². The van der Waals surface area contributed by atoms with Gasteiger partial charge in [-0.3, -0.25) is 13.9 Å². The van der Waals surface area contributed by atoms with Crippen molar-refractivity contribution < 1.29 is 26.8 Å². The van der Waals surface area contributed by atoms with Gasteiger partial charge >= 0.3 is 0 Å². The highest BCUT2D eigenvalue weighted by Gasteiger charge is 2.31. The van der Waals surface area contributed by atoms with Crippen molar-refractivity contribution in [1.29, 1.82) is 0 Å². The number of nitrogens with zero attached hydrogens (tertiary/aromatic N) is 2. The number of hydrogen-bond donors (Lipinski definition) is 1. The van der Waals surface area contributed by atoms with Crippen molar-refractivity contribution in [3.05, 3.63) is 64.7 Å². The smallest absolute Gasteiger partial charge is 0.244 e. The summed E-state index contributed by atoms with van der Waals surface area (Å²) in [7, 11) is -4.06. The highest BCUT2D eigenvalue weighted by Crippen LogP contribution is 2.23. The fraction of sp³-hybridized carbons (Fsp3) is 0.391. The van der Waals surface area contributed by atoms with Gasteiger partial charge in [-0.25, -0.2) is 17.2 Å². The second kappa shape index (κ2) is 11.6. The van der Waals surface area contributed by atoms with Crippen molar-refractivity contribution in [1.82, 2.24) is 10.2 Å². The molecule has 2 rings (SSSR count). The lowest BCUT2D eigenvalue weighted by molar-refractivity contribution is -0.139. The molecule has 2 aromatic rings. The third kappa shape index (κ3) is 7.14. The summed E-state index contributed by atoms with van der Waals surface area (Å²) in [6.45, 7) is 4.44. The molecule has 0 fully saturated rings. The van der Waals surface area contributed by atoms with E-state index < -0.39 is 46.1 Å². The van der Waals surface area contributed by atoms with Crippen molar-refractivity contribution in [2.24, 2.45) is 0 Å². The molecule has 0 aromatic heterocycles. The molecule has 11 heteroatoms. The van der Waals surface area contributed by atoms with Crippen LogP contribution in [0.15, 0.2) is 42.5 Å². The summed E-state index contributed by atoms with van der Waals surface area (Å²) in [5, 5.41) is 3.18. The lowest BCUT2D eigenvalue weighted by Gasteiger charge is -2.32. The fourth-order valence-corrected chi connectivity index (χ4v) is 4.15. The van der Waals surface area contributed by atoms with E-state index in [1.165, 1.54) is 11.8 Å². The Labute approximate surface area is 203 Å². The van der Waals surface area contributed by atoms with Gasteiger partial charge in [0.15, 0.2) is 11.6 Å². The summed E-state index contributed by atoms with van der Waals surface area (Å²) in [6.07, 6.45) is 1.52. The monoisotopic (exact) mass is 515 g/mol. The lowest BCUT2D eigenvalue weighted by atomic mass is 10.1. The number of carbonyl (C=O) groups excluding carboxylic acids is 2. The Morgan fingerprint density at radius 3 is 2.29 bits per heavy atom. The van der Waals surface area contributed by atoms with Crippen LogP contribution in [0.25, 0.3) is 0 Å². The number of benzene rings is 2. The van der Waals surface area contributed by atoms with Crippen LogP contribution in [0, 0.1) is 11.6 Å². The highest BCUT2D eigenvalue weighted by molar-refractivity contribution is 7.92. The molecule has 0 bridgehead atoms. The first-order chi connectivity index (χ1) is 15.8. The topological polar surface area (TPSA) is 86.8 Å². The molecule has 186 valence electrons. The maximum absolute atomic E-state index is 13.8. The van der Waals surface area contributed by atoms with E-state index in [2.05, 4.69) is 5.32 Å². The molecule has 0 aliphatic carbocycles. The van der Waals surface area contributed by atoms with Gasteiger partial charge in [-0.15, -0.1) is 0 Å². The van der Waals surface area contributed by atoms with Gasteiger partial charge in [0.05, 0.1) is 11.9 Å². The van der Waals surface area contributed by atoms with Crippen LogP contribution in [0.3, 0.4) is 0 Å². The molecule has 0 radical (unpaired) electrons. The Kier molecular flexibility index (Phi) is 9.40. The number of amides is 2. The zero-order chi connectivity index (χ0) is 25.6. The Morgan fingerprint density at radius 2 is 1.74 bits per heavy atom. The van der Waals surface area contributed by atoms with Crippen LogP contribution >= 0.6 is 11.6 Å². The number of hydrogen-bond acceptors (Lipinski definition) is 4. The Balaban J connectivity index is 2.42. The summed E-state index contributed by atoms with van der Waals surface area (Å²) in [5.41, 5.74) is 0.337. The first kappa shape index (κ1) is 27.5. The summed E-state index contributed by atoms with van der Waals surface area (Å²) < 4.78 is 52.7. The Hall–Kier alpha value is -2.72. The average molecular weight is 516 g/mol. The van der Waals surface area contributed by atoms with Gasteiger partial charge in [-0.2, -0.15) is 0 Å². The van der Waals surface area contributed by atoms with Crippen molar-refractivity contribution in [2.45, 2.75) is 45.8 Å². The minimum Gasteiger partial charge on any atom is -0.352 e. The molecule has 0 saturated carbocycles. The van der Waals surface area contributed by atoms with Crippen molar-refractivity contribution in [3.63, 3.8) is 0 Å². The first-order valence-electron chi connectivity index (χ1n) is 10.6. The van der Waals surface area contributed by atoms with Crippen LogP contribution in [0.4, 0.5) is 14.5 Å². The summed E-state index contributed by atoms with van der Waals surface area (Å²) >= 11 is 6.25. The quantitative estimate of drug-likeness (QED) is 0.522. The summed E-state index contributed by atoms with van der Waals surface area (Å²) in [4.78, 5) is 27.4. The van der Waals surface area contributed by atoms with Crippen LogP contribution in [0.1, 0.15) is 32.8 Å². The molecule has 2 amide bonds. The molecule has 1 N–H and O–H groups in total. The number of anilines is 1. The molecule has 0 heterocycles. The molecule has 0 spiro atoms. The molecule has 0 unspecified atom stereocenters. The largest absolute Gasteiger partial charge is 0.352 e. The number of halogens is 3. The van der Waals surface area contributed by atoms with Crippen LogP contribution in [0.2, 0.25) is 5.02 Å². The third-order valence-corrected chi connectivity index (χ3v) is 6.85. The molecule has 0 aliphatic heterocycles. The van der Waals surface area contributed by atoms with E-state index in [-0.39, 0.29) is 18.3 Å². The van der Waals surface area contributed by atoms with Gasteiger partial charge in [0.25, 0.3) is 0 Å². The van der Waals surface area contributed by atoms with Gasteiger partial charge in [0.2, 0.25) is 21.8 Å². The highest BCUT2D eigenvalue weighted by atomic mass is 35.5. The summed E-state index contributed by atoms with van der Waals surface area (Å²) in [5.74, 6) is -3.55. The van der Waals surface area contributed by atoms with Gasteiger partial charge in [-0.05, 0) is 44.0 Å². The lowest BCUT2D eigenvalue weighted by Crippen LogP contribution is -2.52. The predicted octanol–water partition coefficient (Wildman–Crippen LogP) is 3.72. The zero-order valence-corrected chi connectivity index (χ0v) is 21.0. The van der Waals surface area contributed by atoms with Crippen LogP contribution in [-0.2, 0) is 26.2 Å².